The summed E-state index contributed by atoms with van der Waals surface area (Å²) in [6.45, 7) is 0. The predicted molar refractivity (Wildman–Crippen MR) is 103 cm³/mol. The van der Waals surface area contributed by atoms with Crippen LogP contribution in [-0.4, -0.2) is 18.5 Å². The molecule has 0 bridgehead atoms. The number of nitrogens with one attached hydrogen (secondary N) is 1. The highest BCUT2D eigenvalue weighted by atomic mass is 19.4. The van der Waals surface area contributed by atoms with Crippen molar-refractivity contribution in [3.05, 3.63) is 59.7 Å². The molecule has 1 heterocycles. The Morgan fingerprint density at radius 2 is 1.69 bits per heavy atom. The largest absolute Gasteiger partial charge is 0.573 e. The van der Waals surface area contributed by atoms with Gasteiger partial charge in [0.1, 0.15) is 24.0 Å². The number of ketones is 1. The van der Waals surface area contributed by atoms with Gasteiger partial charge in [0.15, 0.2) is 0 Å². The Labute approximate surface area is 166 Å². The highest BCUT2D eigenvalue weighted by Crippen LogP contribution is 2.31. The maximum Gasteiger partial charge on any atom is 0.573 e. The smallest absolute Gasteiger partial charge is 0.406 e. The molecule has 5 nitrogen and oxygen atoms in total. The third kappa shape index (κ3) is 4.59. The Hall–Kier alpha value is -2.87. The molecule has 0 amide bonds. The maximum atomic E-state index is 12.3. The molecule has 0 spiro atoms. The molecule has 0 radical (unpaired) electrons. The number of aliphatic imine (C=N–C) groups is 1. The molecule has 0 aromatic heterocycles. The lowest BCUT2D eigenvalue weighted by atomic mass is 9.83. The fraction of sp³-hybridized carbons (Fsp3) is 0.333. The molecule has 8 heteroatoms. The molecule has 1 aliphatic carbocycles. The second-order valence-electron chi connectivity index (χ2n) is 7.14. The van der Waals surface area contributed by atoms with Crippen LogP contribution in [0.3, 0.4) is 0 Å². The van der Waals surface area contributed by atoms with E-state index in [1.165, 1.54) is 24.3 Å². The normalized spacial score (nSPS) is 22.2. The summed E-state index contributed by atoms with van der Waals surface area (Å²) in [5, 5.41) is 1.64. The van der Waals surface area contributed by atoms with Crippen LogP contribution in [0.1, 0.15) is 48.9 Å². The molecule has 2 aromatic carbocycles. The number of Topliss-reactive ketones (excluding diaryl/α,β-unsaturated/α-hetero) is 1. The van der Waals surface area contributed by atoms with E-state index in [0.717, 1.165) is 30.4 Å². The zero-order valence-electron chi connectivity index (χ0n) is 15.5. The number of hydrogen-bond acceptors (Lipinski definition) is 5. The highest BCUT2D eigenvalue weighted by Gasteiger charge is 2.31. The second kappa shape index (κ2) is 7.87. The van der Waals surface area contributed by atoms with Crippen molar-refractivity contribution in [1.82, 2.24) is 5.43 Å². The van der Waals surface area contributed by atoms with E-state index in [1.807, 2.05) is 24.3 Å². The Kier molecular flexibility index (Phi) is 5.27. The third-order valence-electron chi connectivity index (χ3n) is 5.15. The van der Waals surface area contributed by atoms with Gasteiger partial charge in [-0.1, -0.05) is 30.7 Å². The van der Waals surface area contributed by atoms with E-state index in [1.54, 1.807) is 11.3 Å². The molecule has 2 unspecified atom stereocenters. The third-order valence-corrected chi connectivity index (χ3v) is 5.15. The molecule has 29 heavy (non-hydrogen) atoms. The van der Waals surface area contributed by atoms with Crippen molar-refractivity contribution in [2.45, 2.75) is 44.1 Å². The Morgan fingerprint density at radius 1 is 1.00 bits per heavy atom. The first-order valence-electron chi connectivity index (χ1n) is 9.46. The Bertz CT molecular complexity index is 895. The van der Waals surface area contributed by atoms with Crippen molar-refractivity contribution in [3.63, 3.8) is 0 Å². The molecule has 4 rings (SSSR count). The van der Waals surface area contributed by atoms with Crippen molar-refractivity contribution in [2.24, 2.45) is 4.99 Å². The molecule has 0 saturated heterocycles. The first kappa shape index (κ1) is 19.4. The van der Waals surface area contributed by atoms with Crippen molar-refractivity contribution >= 4 is 17.8 Å². The van der Waals surface area contributed by atoms with Gasteiger partial charge in [-0.25, -0.2) is 4.99 Å². The van der Waals surface area contributed by atoms with E-state index in [2.05, 4.69) is 15.2 Å². The van der Waals surface area contributed by atoms with Crippen LogP contribution in [0.25, 0.3) is 0 Å². The van der Waals surface area contributed by atoms with Crippen molar-refractivity contribution in [3.8, 4) is 5.75 Å². The van der Waals surface area contributed by atoms with Gasteiger partial charge in [0.25, 0.3) is 0 Å². The summed E-state index contributed by atoms with van der Waals surface area (Å²) >= 11 is 0. The fourth-order valence-electron chi connectivity index (χ4n) is 3.69. The van der Waals surface area contributed by atoms with Crippen molar-refractivity contribution < 1.29 is 22.7 Å². The number of ether oxygens (including phenoxy) is 1. The number of carbonyl (C=O) groups is 1. The van der Waals surface area contributed by atoms with E-state index in [-0.39, 0.29) is 17.8 Å². The van der Waals surface area contributed by atoms with Crippen LogP contribution in [0.15, 0.2) is 53.5 Å². The standard InChI is InChI=1S/C21H20F3N3O2/c22-21(23,24)29-17-11-9-16(10-12-17)27-13-25-20(26-27)15-7-5-14(6-8-15)18-3-1-2-4-19(18)28/h5-13,18,20,26H,1-4H2. The second-order valence-corrected chi connectivity index (χ2v) is 7.14. The van der Waals surface area contributed by atoms with E-state index in [9.17, 15) is 18.0 Å². The van der Waals surface area contributed by atoms with Gasteiger partial charge in [0.05, 0.1) is 5.69 Å². The first-order valence-corrected chi connectivity index (χ1v) is 9.46. The molecule has 2 aliphatic rings. The van der Waals surface area contributed by atoms with Gasteiger partial charge < -0.3 is 4.74 Å². The van der Waals surface area contributed by atoms with Gasteiger partial charge in [-0.3, -0.25) is 9.80 Å². The number of benzene rings is 2. The summed E-state index contributed by atoms with van der Waals surface area (Å²) in [7, 11) is 0. The van der Waals surface area contributed by atoms with Crippen LogP contribution < -0.4 is 15.2 Å². The lowest BCUT2D eigenvalue weighted by Crippen LogP contribution is -2.33. The average Bonchev–Trinajstić information content (AvgIpc) is 3.18. The summed E-state index contributed by atoms with van der Waals surface area (Å²) in [5.74, 6) is 0.0266. The first-order chi connectivity index (χ1) is 13.9. The molecule has 1 N–H and O–H groups in total. The minimum atomic E-state index is -4.71. The van der Waals surface area contributed by atoms with Gasteiger partial charge in [0, 0.05) is 12.3 Å². The number of alkyl halides is 3. The summed E-state index contributed by atoms with van der Waals surface area (Å²) in [4.78, 5) is 16.5. The molecular formula is C21H20F3N3O2. The van der Waals surface area contributed by atoms with Crippen LogP contribution in [0.2, 0.25) is 0 Å². The van der Waals surface area contributed by atoms with E-state index in [0.29, 0.717) is 17.9 Å². The van der Waals surface area contributed by atoms with Gasteiger partial charge in [0.2, 0.25) is 0 Å². The molecule has 1 aliphatic heterocycles. The molecular weight excluding hydrogens is 383 g/mol. The molecule has 2 aromatic rings. The van der Waals surface area contributed by atoms with Crippen molar-refractivity contribution in [2.75, 3.05) is 5.01 Å². The minimum absolute atomic E-state index is 0.00762. The van der Waals surface area contributed by atoms with Crippen LogP contribution >= 0.6 is 0 Å². The number of hydrogen-bond donors (Lipinski definition) is 1. The minimum Gasteiger partial charge on any atom is -0.406 e. The quantitative estimate of drug-likeness (QED) is 0.792. The number of hydrazine groups is 1. The monoisotopic (exact) mass is 403 g/mol. The summed E-state index contributed by atoms with van der Waals surface area (Å²) in [6.07, 6.45) is 0.179. The van der Waals surface area contributed by atoms with Crippen molar-refractivity contribution in [1.29, 1.82) is 0 Å². The fourth-order valence-corrected chi connectivity index (χ4v) is 3.69. The number of rotatable bonds is 4. The van der Waals surface area contributed by atoms with E-state index in [4.69, 9.17) is 0 Å². The van der Waals surface area contributed by atoms with Gasteiger partial charge in [-0.2, -0.15) is 5.43 Å². The Balaban J connectivity index is 1.40. The lowest BCUT2D eigenvalue weighted by Gasteiger charge is -2.22. The number of anilines is 1. The molecule has 2 atom stereocenters. The van der Waals surface area contributed by atoms with Crippen LogP contribution in [-0.2, 0) is 4.79 Å². The zero-order valence-corrected chi connectivity index (χ0v) is 15.5. The van der Waals surface area contributed by atoms with E-state index < -0.39 is 6.36 Å². The Morgan fingerprint density at radius 3 is 2.34 bits per heavy atom. The maximum absolute atomic E-state index is 12.3. The summed E-state index contributed by atoms with van der Waals surface area (Å²) < 4.78 is 40.7. The highest BCUT2D eigenvalue weighted by molar-refractivity contribution is 5.86. The average molecular weight is 403 g/mol. The van der Waals surface area contributed by atoms with Gasteiger partial charge in [-0.05, 0) is 48.2 Å². The van der Waals surface area contributed by atoms with Crippen LogP contribution in [0, 0.1) is 0 Å². The van der Waals surface area contributed by atoms with Crippen LogP contribution in [0.5, 0.6) is 5.75 Å². The molecule has 1 fully saturated rings. The van der Waals surface area contributed by atoms with Gasteiger partial charge >= 0.3 is 6.36 Å². The lowest BCUT2D eigenvalue weighted by molar-refractivity contribution is -0.274. The molecule has 152 valence electrons. The number of halogens is 3. The topological polar surface area (TPSA) is 53.9 Å². The number of carbonyl (C=O) groups excluding carboxylic acids is 1. The predicted octanol–water partition coefficient (Wildman–Crippen LogP) is 4.86. The van der Waals surface area contributed by atoms with Crippen LogP contribution in [0.4, 0.5) is 18.9 Å². The number of nitrogens with zero attached hydrogens (tertiary/aromatic N) is 2. The summed E-state index contributed by atoms with van der Waals surface area (Å²) in [6, 6.07) is 13.4. The summed E-state index contributed by atoms with van der Waals surface area (Å²) in [5.41, 5.74) is 5.79. The van der Waals surface area contributed by atoms with Gasteiger partial charge in [-0.15, -0.1) is 13.2 Å². The van der Waals surface area contributed by atoms with E-state index >= 15 is 0 Å². The SMILES string of the molecule is O=C1CCCCC1c1ccc(C2N=CN(c3ccc(OC(F)(F)F)cc3)N2)cc1. The molecule has 1 saturated carbocycles. The zero-order chi connectivity index (χ0) is 20.4.